The van der Waals surface area contributed by atoms with Gasteiger partial charge in [-0.25, -0.2) is 4.98 Å². The first-order valence-corrected chi connectivity index (χ1v) is 9.85. The molecule has 134 valence electrons. The summed E-state index contributed by atoms with van der Waals surface area (Å²) in [5.41, 5.74) is 2.07. The highest BCUT2D eigenvalue weighted by molar-refractivity contribution is 7.17. The number of carboxylic acid groups (broad SMARTS) is 1. The van der Waals surface area contributed by atoms with Crippen LogP contribution < -0.4 is 4.90 Å². The average molecular weight is 408 g/mol. The van der Waals surface area contributed by atoms with Crippen LogP contribution in [0.1, 0.15) is 12.8 Å². The van der Waals surface area contributed by atoms with Gasteiger partial charge in [-0.05, 0) is 42.1 Å². The molecule has 0 amide bonds. The number of hydrogen-bond acceptors (Lipinski definition) is 5. The molecule has 0 unspecified atom stereocenters. The summed E-state index contributed by atoms with van der Waals surface area (Å²) in [6, 6.07) is 7.65. The van der Waals surface area contributed by atoms with Gasteiger partial charge in [0.2, 0.25) is 5.28 Å². The van der Waals surface area contributed by atoms with E-state index < -0.39 is 5.97 Å². The number of aromatic nitrogens is 2. The first-order valence-electron chi connectivity index (χ1n) is 8.21. The van der Waals surface area contributed by atoms with Crippen LogP contribution in [0.4, 0.5) is 5.82 Å². The number of rotatable bonds is 3. The molecule has 1 aliphatic heterocycles. The van der Waals surface area contributed by atoms with E-state index in [4.69, 9.17) is 23.2 Å². The lowest BCUT2D eigenvalue weighted by Gasteiger charge is -2.31. The fourth-order valence-electron chi connectivity index (χ4n) is 3.31. The van der Waals surface area contributed by atoms with Crippen LogP contribution in [-0.2, 0) is 4.79 Å². The van der Waals surface area contributed by atoms with Gasteiger partial charge in [-0.2, -0.15) is 4.98 Å². The van der Waals surface area contributed by atoms with Crippen molar-refractivity contribution < 1.29 is 9.90 Å². The van der Waals surface area contributed by atoms with Crippen molar-refractivity contribution in [3.63, 3.8) is 0 Å². The van der Waals surface area contributed by atoms with Crippen LogP contribution in [0.3, 0.4) is 0 Å². The van der Waals surface area contributed by atoms with Crippen molar-refractivity contribution in [1.82, 2.24) is 9.97 Å². The van der Waals surface area contributed by atoms with E-state index in [1.807, 2.05) is 29.6 Å². The second-order valence-electron chi connectivity index (χ2n) is 6.25. The zero-order valence-electron chi connectivity index (χ0n) is 13.7. The maximum atomic E-state index is 11.2. The Morgan fingerprint density at radius 3 is 2.50 bits per heavy atom. The maximum Gasteiger partial charge on any atom is 0.306 e. The van der Waals surface area contributed by atoms with Crippen molar-refractivity contribution in [2.24, 2.45) is 5.92 Å². The number of fused-ring (bicyclic) bond motifs is 1. The summed E-state index contributed by atoms with van der Waals surface area (Å²) in [5.74, 6) is -0.250. The Labute approximate surface area is 164 Å². The molecule has 0 spiro atoms. The predicted octanol–water partition coefficient (Wildman–Crippen LogP) is 4.97. The molecule has 0 bridgehead atoms. The number of thiophene rings is 1. The first kappa shape index (κ1) is 17.5. The number of anilines is 1. The molecule has 1 N–H and O–H groups in total. The molecular weight excluding hydrogens is 393 g/mol. The largest absolute Gasteiger partial charge is 0.481 e. The lowest BCUT2D eigenvalue weighted by Crippen LogP contribution is -2.37. The van der Waals surface area contributed by atoms with Crippen LogP contribution in [0.25, 0.3) is 21.3 Å². The van der Waals surface area contributed by atoms with Gasteiger partial charge < -0.3 is 10.0 Å². The summed E-state index contributed by atoms with van der Waals surface area (Å²) in [6.07, 6.45) is 1.19. The SMILES string of the molecule is O=C(O)C1CCN(c2nc(Cl)nc3scc(-c4ccc(Cl)cc4)c23)CC1. The second kappa shape index (κ2) is 7.02. The number of carboxylic acids is 1. The highest BCUT2D eigenvalue weighted by atomic mass is 35.5. The summed E-state index contributed by atoms with van der Waals surface area (Å²) in [5, 5.41) is 13.1. The van der Waals surface area contributed by atoms with E-state index in [0.717, 1.165) is 27.2 Å². The highest BCUT2D eigenvalue weighted by Crippen LogP contribution is 2.40. The zero-order chi connectivity index (χ0) is 18.3. The van der Waals surface area contributed by atoms with Gasteiger partial charge in [-0.3, -0.25) is 4.79 Å². The molecule has 2 aromatic heterocycles. The Morgan fingerprint density at radius 1 is 1.15 bits per heavy atom. The van der Waals surface area contributed by atoms with Gasteiger partial charge in [0, 0.05) is 29.1 Å². The van der Waals surface area contributed by atoms with E-state index in [2.05, 4.69) is 14.9 Å². The van der Waals surface area contributed by atoms with Crippen LogP contribution >= 0.6 is 34.5 Å². The molecule has 8 heteroatoms. The van der Waals surface area contributed by atoms with E-state index >= 15 is 0 Å². The number of benzene rings is 1. The minimum absolute atomic E-state index is 0.206. The lowest BCUT2D eigenvalue weighted by molar-refractivity contribution is -0.142. The van der Waals surface area contributed by atoms with Gasteiger partial charge >= 0.3 is 5.97 Å². The van der Waals surface area contributed by atoms with E-state index in [0.29, 0.717) is 31.0 Å². The van der Waals surface area contributed by atoms with Gasteiger partial charge in [-0.15, -0.1) is 11.3 Å². The van der Waals surface area contributed by atoms with Gasteiger partial charge in [0.1, 0.15) is 10.6 Å². The number of carbonyl (C=O) groups is 1. The Morgan fingerprint density at radius 2 is 1.85 bits per heavy atom. The molecule has 0 aliphatic carbocycles. The van der Waals surface area contributed by atoms with Crippen molar-refractivity contribution in [1.29, 1.82) is 0 Å². The van der Waals surface area contributed by atoms with Crippen LogP contribution in [-0.4, -0.2) is 34.1 Å². The van der Waals surface area contributed by atoms with Gasteiger partial charge in [0.25, 0.3) is 0 Å². The summed E-state index contributed by atoms with van der Waals surface area (Å²) >= 11 is 13.7. The maximum absolute atomic E-state index is 11.2. The smallest absolute Gasteiger partial charge is 0.306 e. The Balaban J connectivity index is 1.78. The van der Waals surface area contributed by atoms with Crippen molar-refractivity contribution in [3.8, 4) is 11.1 Å². The molecule has 0 radical (unpaired) electrons. The predicted molar refractivity (Wildman–Crippen MR) is 105 cm³/mol. The first-order chi connectivity index (χ1) is 12.5. The minimum Gasteiger partial charge on any atom is -0.481 e. The van der Waals surface area contributed by atoms with E-state index in [1.165, 1.54) is 11.3 Å². The van der Waals surface area contributed by atoms with E-state index in [9.17, 15) is 9.90 Å². The summed E-state index contributed by atoms with van der Waals surface area (Å²) < 4.78 is 0. The number of hydrogen-bond donors (Lipinski definition) is 1. The molecule has 3 heterocycles. The zero-order valence-corrected chi connectivity index (χ0v) is 16.0. The van der Waals surface area contributed by atoms with Crippen molar-refractivity contribution >= 4 is 56.5 Å². The van der Waals surface area contributed by atoms with Crippen LogP contribution in [0.5, 0.6) is 0 Å². The van der Waals surface area contributed by atoms with Crippen LogP contribution in [0, 0.1) is 5.92 Å². The Hall–Kier alpha value is -1.89. The standard InChI is InChI=1S/C18H15Cl2N3O2S/c19-12-3-1-10(2-4-12)13-9-26-16-14(13)15(21-18(20)22-16)23-7-5-11(6-8-23)17(24)25/h1-4,9,11H,5-8H2,(H,24,25). The third-order valence-corrected chi connectivity index (χ3v) is 5.98. The minimum atomic E-state index is -0.729. The van der Waals surface area contributed by atoms with Crippen LogP contribution in [0.2, 0.25) is 10.3 Å². The lowest BCUT2D eigenvalue weighted by atomic mass is 9.96. The summed E-state index contributed by atoms with van der Waals surface area (Å²) in [6.45, 7) is 1.27. The van der Waals surface area contributed by atoms with Crippen molar-refractivity contribution in [2.75, 3.05) is 18.0 Å². The number of nitrogens with zero attached hydrogens (tertiary/aromatic N) is 3. The number of halogens is 2. The Bertz CT molecular complexity index is 966. The van der Waals surface area contributed by atoms with E-state index in [-0.39, 0.29) is 11.2 Å². The molecule has 4 rings (SSSR count). The van der Waals surface area contributed by atoms with Crippen molar-refractivity contribution in [3.05, 3.63) is 40.0 Å². The molecule has 3 aromatic rings. The summed E-state index contributed by atoms with van der Waals surface area (Å²) in [7, 11) is 0. The van der Waals surface area contributed by atoms with Gasteiger partial charge in [-0.1, -0.05) is 23.7 Å². The third kappa shape index (κ3) is 3.24. The number of piperidine rings is 1. The highest BCUT2D eigenvalue weighted by Gasteiger charge is 2.27. The molecule has 1 aromatic carbocycles. The molecule has 1 aliphatic rings. The van der Waals surface area contributed by atoms with Crippen LogP contribution in [0.15, 0.2) is 29.6 Å². The molecule has 1 fully saturated rings. The molecule has 0 atom stereocenters. The summed E-state index contributed by atoms with van der Waals surface area (Å²) in [4.78, 5) is 23.0. The normalized spacial score (nSPS) is 15.5. The second-order valence-corrected chi connectivity index (χ2v) is 7.88. The van der Waals surface area contributed by atoms with Gasteiger partial charge in [0.05, 0.1) is 11.3 Å². The van der Waals surface area contributed by atoms with Gasteiger partial charge in [0.15, 0.2) is 0 Å². The third-order valence-electron chi connectivity index (χ3n) is 4.69. The molecule has 1 saturated heterocycles. The molecular formula is C18H15Cl2N3O2S. The molecule has 26 heavy (non-hydrogen) atoms. The fraction of sp³-hybridized carbons (Fsp3) is 0.278. The topological polar surface area (TPSA) is 66.3 Å². The van der Waals surface area contributed by atoms with E-state index in [1.54, 1.807) is 0 Å². The molecule has 0 saturated carbocycles. The molecule has 5 nitrogen and oxygen atoms in total. The fourth-order valence-corrected chi connectivity index (χ4v) is 4.59. The van der Waals surface area contributed by atoms with Crippen molar-refractivity contribution in [2.45, 2.75) is 12.8 Å². The Kier molecular flexibility index (Phi) is 4.73. The average Bonchev–Trinajstić information content (AvgIpc) is 3.05. The monoisotopic (exact) mass is 407 g/mol. The quantitative estimate of drug-likeness (QED) is 0.620. The number of aliphatic carboxylic acids is 1.